The Labute approximate surface area is 148 Å². The monoisotopic (exact) mass is 342 g/mol. The molecule has 3 rings (SSSR count). The Morgan fingerprint density at radius 3 is 3.00 bits per heavy atom. The van der Waals surface area contributed by atoms with Gasteiger partial charge in [-0.2, -0.15) is 4.98 Å². The molecule has 0 unspecified atom stereocenters. The summed E-state index contributed by atoms with van der Waals surface area (Å²) in [6.07, 6.45) is 3.90. The van der Waals surface area contributed by atoms with E-state index in [1.54, 1.807) is 0 Å². The number of rotatable bonds is 8. The molecule has 6 heteroatoms. The van der Waals surface area contributed by atoms with Gasteiger partial charge < -0.3 is 9.84 Å². The number of amides is 1. The van der Waals surface area contributed by atoms with Crippen molar-refractivity contribution in [1.82, 2.24) is 20.4 Å². The van der Waals surface area contributed by atoms with E-state index in [1.165, 1.54) is 12.8 Å². The lowest BCUT2D eigenvalue weighted by Gasteiger charge is -2.22. The van der Waals surface area contributed by atoms with Crippen LogP contribution in [-0.4, -0.2) is 46.6 Å². The minimum atomic E-state index is 0.0470. The number of benzene rings is 1. The van der Waals surface area contributed by atoms with Crippen molar-refractivity contribution in [3.63, 3.8) is 0 Å². The third kappa shape index (κ3) is 5.13. The van der Waals surface area contributed by atoms with E-state index in [2.05, 4.69) is 27.3 Å². The minimum absolute atomic E-state index is 0.0470. The molecule has 1 aliphatic heterocycles. The third-order valence-electron chi connectivity index (χ3n) is 4.72. The van der Waals surface area contributed by atoms with E-state index in [1.807, 2.05) is 30.3 Å². The number of aryl methyl sites for hydroxylation is 1. The molecule has 1 aromatic carbocycles. The van der Waals surface area contributed by atoms with E-state index in [-0.39, 0.29) is 5.91 Å². The van der Waals surface area contributed by atoms with Gasteiger partial charge >= 0.3 is 0 Å². The summed E-state index contributed by atoms with van der Waals surface area (Å²) >= 11 is 0. The average molecular weight is 342 g/mol. The average Bonchev–Trinajstić information content (AvgIpc) is 3.28. The Bertz CT molecular complexity index is 671. The first-order valence-corrected chi connectivity index (χ1v) is 9.10. The highest BCUT2D eigenvalue weighted by molar-refractivity contribution is 5.76. The van der Waals surface area contributed by atoms with Gasteiger partial charge in [-0.3, -0.25) is 9.69 Å². The Kier molecular flexibility index (Phi) is 6.17. The summed E-state index contributed by atoms with van der Waals surface area (Å²) in [7, 11) is 0. The Morgan fingerprint density at radius 1 is 1.36 bits per heavy atom. The van der Waals surface area contributed by atoms with Crippen LogP contribution in [0.15, 0.2) is 34.9 Å². The number of carbonyl (C=O) groups excluding carboxylic acids is 1. The maximum Gasteiger partial charge on any atom is 0.227 e. The van der Waals surface area contributed by atoms with Crippen molar-refractivity contribution in [2.75, 3.05) is 19.6 Å². The molecule has 0 aliphatic carbocycles. The maximum atomic E-state index is 12.0. The predicted octanol–water partition coefficient (Wildman–Crippen LogP) is 2.19. The zero-order chi connectivity index (χ0) is 17.5. The molecule has 1 atom stereocenters. The van der Waals surface area contributed by atoms with E-state index in [9.17, 15) is 4.79 Å². The molecule has 134 valence electrons. The standard InChI is InChI=1S/C19H26N4O2/c1-2-23-12-6-9-16(23)14-20-18(24)10-11-19-21-17(22-25-19)13-15-7-4-3-5-8-15/h3-5,7-8,16H,2,6,9-14H2,1H3,(H,20,24)/t16-/m1/s1. The summed E-state index contributed by atoms with van der Waals surface area (Å²) in [5.74, 6) is 1.23. The van der Waals surface area contributed by atoms with Gasteiger partial charge in [0.05, 0.1) is 0 Å². The molecule has 1 aliphatic rings. The fourth-order valence-corrected chi connectivity index (χ4v) is 3.33. The van der Waals surface area contributed by atoms with E-state index in [0.29, 0.717) is 37.0 Å². The molecule has 1 amide bonds. The van der Waals surface area contributed by atoms with Gasteiger partial charge in [0.1, 0.15) is 0 Å². The Balaban J connectivity index is 1.40. The largest absolute Gasteiger partial charge is 0.355 e. The molecule has 1 N–H and O–H groups in total. The van der Waals surface area contributed by atoms with Crippen LogP contribution in [0.25, 0.3) is 0 Å². The number of likely N-dealkylation sites (N-methyl/N-ethyl adjacent to an activating group) is 1. The highest BCUT2D eigenvalue weighted by Gasteiger charge is 2.23. The second kappa shape index (κ2) is 8.76. The van der Waals surface area contributed by atoms with Crippen molar-refractivity contribution in [2.45, 2.75) is 45.1 Å². The molecule has 25 heavy (non-hydrogen) atoms. The van der Waals surface area contributed by atoms with Crippen molar-refractivity contribution in [2.24, 2.45) is 0 Å². The number of aromatic nitrogens is 2. The summed E-state index contributed by atoms with van der Waals surface area (Å²) in [6.45, 7) is 5.09. The maximum absolute atomic E-state index is 12.0. The van der Waals surface area contributed by atoms with Crippen LogP contribution >= 0.6 is 0 Å². The van der Waals surface area contributed by atoms with Crippen LogP contribution in [0.3, 0.4) is 0 Å². The summed E-state index contributed by atoms with van der Waals surface area (Å²) < 4.78 is 5.25. The molecule has 2 aromatic rings. The number of likely N-dealkylation sites (tertiary alicyclic amines) is 1. The normalized spacial score (nSPS) is 17.7. The summed E-state index contributed by atoms with van der Waals surface area (Å²) in [5, 5.41) is 7.03. The molecular formula is C19H26N4O2. The number of hydrogen-bond donors (Lipinski definition) is 1. The van der Waals surface area contributed by atoms with Gasteiger partial charge in [-0.05, 0) is 31.5 Å². The molecule has 0 saturated carbocycles. The van der Waals surface area contributed by atoms with Crippen LogP contribution in [0.1, 0.15) is 43.5 Å². The van der Waals surface area contributed by atoms with Crippen molar-refractivity contribution in [1.29, 1.82) is 0 Å². The SMILES string of the molecule is CCN1CCC[C@@H]1CNC(=O)CCc1nc(Cc2ccccc2)no1. The van der Waals surface area contributed by atoms with Crippen molar-refractivity contribution in [3.8, 4) is 0 Å². The summed E-state index contributed by atoms with van der Waals surface area (Å²) in [6, 6.07) is 10.5. The lowest BCUT2D eigenvalue weighted by Crippen LogP contribution is -2.40. The van der Waals surface area contributed by atoms with Gasteiger partial charge in [0, 0.05) is 31.8 Å². The molecule has 1 saturated heterocycles. The Morgan fingerprint density at radius 2 is 2.20 bits per heavy atom. The van der Waals surface area contributed by atoms with Gasteiger partial charge in [0.15, 0.2) is 5.82 Å². The summed E-state index contributed by atoms with van der Waals surface area (Å²) in [4.78, 5) is 18.8. The van der Waals surface area contributed by atoms with Crippen LogP contribution in [-0.2, 0) is 17.6 Å². The third-order valence-corrected chi connectivity index (χ3v) is 4.72. The number of hydrogen-bond acceptors (Lipinski definition) is 5. The number of nitrogens with zero attached hydrogens (tertiary/aromatic N) is 3. The number of carbonyl (C=O) groups is 1. The van der Waals surface area contributed by atoms with Gasteiger partial charge in [0.25, 0.3) is 0 Å². The van der Waals surface area contributed by atoms with Gasteiger partial charge in [-0.15, -0.1) is 0 Å². The zero-order valence-electron chi connectivity index (χ0n) is 14.8. The fraction of sp³-hybridized carbons (Fsp3) is 0.526. The second-order valence-corrected chi connectivity index (χ2v) is 6.50. The molecule has 0 radical (unpaired) electrons. The van der Waals surface area contributed by atoms with Gasteiger partial charge in [-0.25, -0.2) is 0 Å². The van der Waals surface area contributed by atoms with E-state index in [4.69, 9.17) is 4.52 Å². The Hall–Kier alpha value is -2.21. The zero-order valence-corrected chi connectivity index (χ0v) is 14.8. The van der Waals surface area contributed by atoms with Crippen molar-refractivity contribution >= 4 is 5.91 Å². The highest BCUT2D eigenvalue weighted by atomic mass is 16.5. The van der Waals surface area contributed by atoms with Crippen molar-refractivity contribution < 1.29 is 9.32 Å². The molecule has 6 nitrogen and oxygen atoms in total. The van der Waals surface area contributed by atoms with Gasteiger partial charge in [-0.1, -0.05) is 42.4 Å². The van der Waals surface area contributed by atoms with E-state index >= 15 is 0 Å². The van der Waals surface area contributed by atoms with Crippen LogP contribution in [0.5, 0.6) is 0 Å². The van der Waals surface area contributed by atoms with Crippen molar-refractivity contribution in [3.05, 3.63) is 47.6 Å². The first-order valence-electron chi connectivity index (χ1n) is 9.10. The quantitative estimate of drug-likeness (QED) is 0.796. The minimum Gasteiger partial charge on any atom is -0.355 e. The van der Waals surface area contributed by atoms with Crippen LogP contribution < -0.4 is 5.32 Å². The summed E-state index contributed by atoms with van der Waals surface area (Å²) in [5.41, 5.74) is 1.14. The van der Waals surface area contributed by atoms with Crippen LogP contribution in [0, 0.1) is 0 Å². The van der Waals surface area contributed by atoms with E-state index in [0.717, 1.165) is 25.2 Å². The topological polar surface area (TPSA) is 71.3 Å². The molecule has 0 spiro atoms. The fourth-order valence-electron chi connectivity index (χ4n) is 3.33. The first kappa shape index (κ1) is 17.6. The highest BCUT2D eigenvalue weighted by Crippen LogP contribution is 2.15. The van der Waals surface area contributed by atoms with E-state index < -0.39 is 0 Å². The second-order valence-electron chi connectivity index (χ2n) is 6.50. The molecule has 1 fully saturated rings. The first-order chi connectivity index (χ1) is 12.2. The molecular weight excluding hydrogens is 316 g/mol. The lowest BCUT2D eigenvalue weighted by atomic mass is 10.1. The van der Waals surface area contributed by atoms with Crippen LogP contribution in [0.4, 0.5) is 0 Å². The molecule has 0 bridgehead atoms. The number of nitrogens with one attached hydrogen (secondary N) is 1. The molecule has 1 aromatic heterocycles. The van der Waals surface area contributed by atoms with Gasteiger partial charge in [0.2, 0.25) is 11.8 Å². The van der Waals surface area contributed by atoms with Crippen LogP contribution in [0.2, 0.25) is 0 Å². The lowest BCUT2D eigenvalue weighted by molar-refractivity contribution is -0.121. The predicted molar refractivity (Wildman–Crippen MR) is 95.1 cm³/mol. The molecule has 2 heterocycles. The smallest absolute Gasteiger partial charge is 0.227 e.